The molecule has 2 N–H and O–H groups in total. The van der Waals surface area contributed by atoms with Gasteiger partial charge in [-0.15, -0.1) is 0 Å². The van der Waals surface area contributed by atoms with E-state index in [0.717, 1.165) is 42.4 Å². The minimum atomic E-state index is -0.406. The normalized spacial score (nSPS) is 28.2. The first-order valence-corrected chi connectivity index (χ1v) is 8.67. The predicted molar refractivity (Wildman–Crippen MR) is 85.1 cm³/mol. The van der Waals surface area contributed by atoms with Crippen molar-refractivity contribution in [3.05, 3.63) is 12.0 Å². The number of aromatic nitrogens is 2. The maximum atomic E-state index is 10.2. The fourth-order valence-electron chi connectivity index (χ4n) is 2.68. The van der Waals surface area contributed by atoms with Gasteiger partial charge in [0.1, 0.15) is 12.0 Å². The number of anilines is 1. The SMILES string of the molecule is CCCSCC1OC(n2cnc3c2NC=NCC3)CC1O. The molecule has 1 aromatic rings. The van der Waals surface area contributed by atoms with Gasteiger partial charge in [-0.2, -0.15) is 11.8 Å². The van der Waals surface area contributed by atoms with Gasteiger partial charge in [0.05, 0.1) is 30.6 Å². The smallest absolute Gasteiger partial charge is 0.139 e. The highest BCUT2D eigenvalue weighted by molar-refractivity contribution is 7.99. The van der Waals surface area contributed by atoms with Crippen molar-refractivity contribution >= 4 is 23.9 Å². The van der Waals surface area contributed by atoms with Crippen LogP contribution in [0.2, 0.25) is 0 Å². The van der Waals surface area contributed by atoms with Crippen LogP contribution in [0, 0.1) is 0 Å². The van der Waals surface area contributed by atoms with Gasteiger partial charge in [-0.05, 0) is 12.2 Å². The van der Waals surface area contributed by atoms with E-state index in [4.69, 9.17) is 4.74 Å². The molecule has 0 bridgehead atoms. The summed E-state index contributed by atoms with van der Waals surface area (Å²) in [7, 11) is 0. The lowest BCUT2D eigenvalue weighted by Crippen LogP contribution is -2.23. The Morgan fingerprint density at radius 3 is 3.33 bits per heavy atom. The molecule has 3 rings (SSSR count). The minimum Gasteiger partial charge on any atom is -0.390 e. The van der Waals surface area contributed by atoms with Crippen LogP contribution in [-0.2, 0) is 11.2 Å². The standard InChI is InChI=1S/C14H22N4O2S/c1-2-5-21-7-12-11(19)6-13(20-12)18-9-17-10-3-4-15-8-16-14(10)18/h8-9,11-13,19H,2-7H2,1H3,(H,15,16). The monoisotopic (exact) mass is 310 g/mol. The highest BCUT2D eigenvalue weighted by Crippen LogP contribution is 2.33. The van der Waals surface area contributed by atoms with E-state index in [1.807, 2.05) is 16.3 Å². The first-order valence-electron chi connectivity index (χ1n) is 7.51. The first-order chi connectivity index (χ1) is 10.3. The molecule has 0 amide bonds. The van der Waals surface area contributed by atoms with Crippen LogP contribution in [-0.4, -0.2) is 51.3 Å². The van der Waals surface area contributed by atoms with Crippen LogP contribution in [0.5, 0.6) is 0 Å². The Kier molecular flexibility index (Phi) is 4.82. The molecule has 1 aromatic heterocycles. The van der Waals surface area contributed by atoms with Gasteiger partial charge >= 0.3 is 0 Å². The van der Waals surface area contributed by atoms with Gasteiger partial charge in [0, 0.05) is 25.1 Å². The van der Waals surface area contributed by atoms with Gasteiger partial charge in [0.2, 0.25) is 0 Å². The lowest BCUT2D eigenvalue weighted by Gasteiger charge is -2.17. The third-order valence-electron chi connectivity index (χ3n) is 3.78. The van der Waals surface area contributed by atoms with Crippen LogP contribution < -0.4 is 5.32 Å². The van der Waals surface area contributed by atoms with Crippen molar-refractivity contribution in [3.8, 4) is 0 Å². The zero-order chi connectivity index (χ0) is 14.7. The van der Waals surface area contributed by atoms with Gasteiger partial charge < -0.3 is 15.2 Å². The fraction of sp³-hybridized carbons (Fsp3) is 0.714. The Bertz CT molecular complexity index is 505. The van der Waals surface area contributed by atoms with Crippen LogP contribution in [0.1, 0.15) is 31.7 Å². The van der Waals surface area contributed by atoms with Crippen molar-refractivity contribution < 1.29 is 9.84 Å². The number of hydrogen-bond donors (Lipinski definition) is 2. The fourth-order valence-corrected chi connectivity index (χ4v) is 3.67. The Hall–Kier alpha value is -1.05. The molecular formula is C14H22N4O2S. The second kappa shape index (κ2) is 6.81. The van der Waals surface area contributed by atoms with Crippen molar-refractivity contribution in [2.45, 2.75) is 44.6 Å². The molecule has 0 aromatic carbocycles. The summed E-state index contributed by atoms with van der Waals surface area (Å²) < 4.78 is 8.03. The second-order valence-electron chi connectivity index (χ2n) is 5.38. The molecule has 1 saturated heterocycles. The molecule has 1 fully saturated rings. The summed E-state index contributed by atoms with van der Waals surface area (Å²) in [5.74, 6) is 2.89. The van der Waals surface area contributed by atoms with Gasteiger partial charge in [-0.3, -0.25) is 9.56 Å². The molecule has 2 aliphatic rings. The molecule has 21 heavy (non-hydrogen) atoms. The molecule has 2 aliphatic heterocycles. The van der Waals surface area contributed by atoms with Crippen LogP contribution in [0.25, 0.3) is 0 Å². The molecule has 6 nitrogen and oxygen atoms in total. The lowest BCUT2D eigenvalue weighted by molar-refractivity contribution is -0.00439. The quantitative estimate of drug-likeness (QED) is 0.810. The highest BCUT2D eigenvalue weighted by Gasteiger charge is 2.36. The number of aliphatic hydroxyl groups is 1. The number of hydrogen-bond acceptors (Lipinski definition) is 6. The minimum absolute atomic E-state index is 0.0935. The summed E-state index contributed by atoms with van der Waals surface area (Å²) in [6.07, 6.45) is 5.45. The van der Waals surface area contributed by atoms with Crippen molar-refractivity contribution in [1.29, 1.82) is 0 Å². The van der Waals surface area contributed by atoms with Crippen LogP contribution in [0.3, 0.4) is 0 Å². The number of nitrogens with one attached hydrogen (secondary N) is 1. The number of aliphatic hydroxyl groups excluding tert-OH is 1. The molecule has 3 atom stereocenters. The number of thioether (sulfide) groups is 1. The molecule has 3 unspecified atom stereocenters. The van der Waals surface area contributed by atoms with Gasteiger partial charge in [-0.25, -0.2) is 4.98 Å². The second-order valence-corrected chi connectivity index (χ2v) is 6.53. The Labute approximate surface area is 129 Å². The molecule has 0 aliphatic carbocycles. The molecule has 7 heteroatoms. The van der Waals surface area contributed by atoms with Crippen molar-refractivity contribution in [2.75, 3.05) is 23.4 Å². The molecule has 116 valence electrons. The maximum absolute atomic E-state index is 10.2. The summed E-state index contributed by atoms with van der Waals surface area (Å²) >= 11 is 1.84. The lowest BCUT2D eigenvalue weighted by atomic mass is 10.2. The van der Waals surface area contributed by atoms with E-state index in [9.17, 15) is 5.11 Å². The Morgan fingerprint density at radius 1 is 1.57 bits per heavy atom. The van der Waals surface area contributed by atoms with Crippen molar-refractivity contribution in [3.63, 3.8) is 0 Å². The molecular weight excluding hydrogens is 288 g/mol. The van der Waals surface area contributed by atoms with Crippen LogP contribution in [0.4, 0.5) is 5.82 Å². The molecule has 0 spiro atoms. The number of imidazole rings is 1. The van der Waals surface area contributed by atoms with E-state index >= 15 is 0 Å². The largest absolute Gasteiger partial charge is 0.390 e. The summed E-state index contributed by atoms with van der Waals surface area (Å²) in [5, 5.41) is 13.4. The van der Waals surface area contributed by atoms with Crippen molar-refractivity contribution in [2.24, 2.45) is 4.99 Å². The van der Waals surface area contributed by atoms with Gasteiger partial charge in [0.25, 0.3) is 0 Å². The number of rotatable bonds is 5. The summed E-state index contributed by atoms with van der Waals surface area (Å²) in [6, 6.07) is 0. The summed E-state index contributed by atoms with van der Waals surface area (Å²) in [5.41, 5.74) is 1.01. The van der Waals surface area contributed by atoms with E-state index in [0.29, 0.717) is 6.42 Å². The van der Waals surface area contributed by atoms with Crippen LogP contribution >= 0.6 is 11.8 Å². The zero-order valence-electron chi connectivity index (χ0n) is 12.2. The van der Waals surface area contributed by atoms with Gasteiger partial charge in [0.15, 0.2) is 0 Å². The van der Waals surface area contributed by atoms with Crippen LogP contribution in [0.15, 0.2) is 11.3 Å². The topological polar surface area (TPSA) is 71.7 Å². The number of aliphatic imine (C=N–C) groups is 1. The summed E-state index contributed by atoms with van der Waals surface area (Å²) in [4.78, 5) is 8.66. The van der Waals surface area contributed by atoms with E-state index in [-0.39, 0.29) is 12.3 Å². The first kappa shape index (κ1) is 14.9. The molecule has 3 heterocycles. The van der Waals surface area contributed by atoms with E-state index in [1.165, 1.54) is 0 Å². The van der Waals surface area contributed by atoms with E-state index < -0.39 is 6.10 Å². The average molecular weight is 310 g/mol. The highest BCUT2D eigenvalue weighted by atomic mass is 32.2. The number of ether oxygens (including phenoxy) is 1. The summed E-state index contributed by atoms with van der Waals surface area (Å²) in [6.45, 7) is 2.91. The third-order valence-corrected chi connectivity index (χ3v) is 5.05. The maximum Gasteiger partial charge on any atom is 0.139 e. The predicted octanol–water partition coefficient (Wildman–Crippen LogP) is 1.67. The third kappa shape index (κ3) is 3.25. The van der Waals surface area contributed by atoms with Gasteiger partial charge in [-0.1, -0.05) is 6.92 Å². The van der Waals surface area contributed by atoms with E-state index in [2.05, 4.69) is 22.2 Å². The molecule has 0 saturated carbocycles. The van der Waals surface area contributed by atoms with Crippen molar-refractivity contribution in [1.82, 2.24) is 9.55 Å². The Morgan fingerprint density at radius 2 is 2.48 bits per heavy atom. The number of nitrogens with zero attached hydrogens (tertiary/aromatic N) is 3. The average Bonchev–Trinajstić information content (AvgIpc) is 2.95. The van der Waals surface area contributed by atoms with E-state index in [1.54, 1.807) is 12.7 Å². The Balaban J connectivity index is 1.68. The zero-order valence-corrected chi connectivity index (χ0v) is 13.1. The molecule has 0 radical (unpaired) electrons. The number of fused-ring (bicyclic) bond motifs is 1.